The third kappa shape index (κ3) is 32.2. The van der Waals surface area contributed by atoms with E-state index < -0.39 is 0 Å². The maximum atomic E-state index is 11.8. The molecule has 1 unspecified atom stereocenters. The number of nitrogens with one attached hydrogen (secondary N) is 2. The van der Waals surface area contributed by atoms with E-state index in [1.54, 1.807) is 19.9 Å². The number of nitrogens with zero attached hydrogens (tertiary/aromatic N) is 3. The van der Waals surface area contributed by atoms with Crippen LogP contribution in [-0.2, 0) is 4.79 Å². The lowest BCUT2D eigenvalue weighted by molar-refractivity contribution is -0.121. The zero-order valence-corrected chi connectivity index (χ0v) is 67.3. The van der Waals surface area contributed by atoms with E-state index in [-0.39, 0.29) is 41.5 Å². The van der Waals surface area contributed by atoms with Gasteiger partial charge in [-0.05, 0) is 212 Å². The molecule has 0 bridgehead atoms. The summed E-state index contributed by atoms with van der Waals surface area (Å²) < 4.78 is 0. The van der Waals surface area contributed by atoms with Crippen molar-refractivity contribution in [2.24, 2.45) is 11.8 Å². The molecule has 6 N–H and O–H groups in total. The van der Waals surface area contributed by atoms with Gasteiger partial charge in [-0.3, -0.25) is 29.4 Å². The molecule has 7 aromatic carbocycles. The molecular weight excluding hydrogens is 1300 g/mol. The number of hydrogen-bond donors (Lipinski definition) is 5. The summed E-state index contributed by atoms with van der Waals surface area (Å²) in [6, 6.07) is 57.5. The fourth-order valence-corrected chi connectivity index (χ4v) is 12.2. The van der Waals surface area contributed by atoms with E-state index in [0.717, 1.165) is 126 Å². The summed E-state index contributed by atoms with van der Waals surface area (Å²) >= 11 is 0. The number of piperidine rings is 3. The SMILES string of the molecule is CC(=O)C1CCN(c2ccc(C(C)C)cc2)CC1.CC(=O)c1ccc(C(C)C)cc1.CC(C)c1ccc(N2CCC(O)CC2)cc1.CC(C)c1ccc(N2CCCC(O)C2)cc1.CC(C)c1cccc(C(=O)NN)c1.CCCCC(=O)c1cccc(C(C)C)c1.CCCNC(=O)c1ccc(C(C)C)cc1. The largest absolute Gasteiger partial charge is 0.393 e. The quantitative estimate of drug-likeness (QED) is 0.0212. The highest BCUT2D eigenvalue weighted by Gasteiger charge is 2.23. The van der Waals surface area contributed by atoms with Crippen molar-refractivity contribution < 1.29 is 34.2 Å². The van der Waals surface area contributed by atoms with Gasteiger partial charge in [0.2, 0.25) is 0 Å². The topological polar surface area (TPSA) is 186 Å². The molecule has 105 heavy (non-hydrogen) atoms. The van der Waals surface area contributed by atoms with E-state index in [4.69, 9.17) is 5.84 Å². The second-order valence-corrected chi connectivity index (χ2v) is 30.5. The molecule has 3 aliphatic heterocycles. The van der Waals surface area contributed by atoms with Crippen LogP contribution in [0.1, 0.15) is 311 Å². The van der Waals surface area contributed by atoms with E-state index in [9.17, 15) is 34.2 Å². The monoisotopic (exact) mass is 1430 g/mol. The standard InChI is InChI=1S/C16H23NO.2C14H21NO.C14H20O.C13H19NO.C11H14O.C10H14N2O/c1-12(2)14-4-6-16(7-5-14)17-10-8-15(9-11-17)13(3)18;1-11(2)12-3-5-13(6-4-12)15-9-7-14(16)8-10-15;1-11(2)12-5-7-13(8-6-12)15-9-3-4-14(16)10-15;1-4-5-9-14(15)13-8-6-7-12(10-13)11(2)3;1-4-9-14-13(15)12-7-5-11(6-8-12)10(2)3;1-8(2)10-4-6-11(7-5-10)9(3)12;1-7(2)8-4-3-5-9(6-8)10(13)12-11/h4-7,12,15H,8-11H2,1-3H3;3-6,11,14,16H,7-10H2,1-2H3;5-8,11,14,16H,3-4,9-10H2,1-2H3;6-8,10-11H,4-5,9H2,1-3H3;5-8,10H,4,9H2,1-3H3,(H,14,15);4-8H,1-3H3;3-7H,11H2,1-2H3,(H,12,13). The van der Waals surface area contributed by atoms with E-state index in [0.29, 0.717) is 59.2 Å². The molecule has 3 heterocycles. The van der Waals surface area contributed by atoms with Crippen molar-refractivity contribution >= 4 is 46.2 Å². The average molecular weight is 1430 g/mol. The molecular formula is C92H132N6O7. The van der Waals surface area contributed by atoms with Crippen LogP contribution < -0.4 is 31.3 Å². The summed E-state index contributed by atoms with van der Waals surface area (Å²) in [4.78, 5) is 63.8. The van der Waals surface area contributed by atoms with Crippen LogP contribution in [0.2, 0.25) is 0 Å². The van der Waals surface area contributed by atoms with Crippen LogP contribution >= 0.6 is 0 Å². The number of aliphatic hydroxyl groups excluding tert-OH is 2. The normalized spacial score (nSPS) is 14.4. The van der Waals surface area contributed by atoms with E-state index >= 15 is 0 Å². The van der Waals surface area contributed by atoms with Crippen molar-refractivity contribution in [2.75, 3.05) is 60.5 Å². The van der Waals surface area contributed by atoms with E-state index in [1.807, 2.05) is 91.9 Å². The fraction of sp³-hybridized carbons (Fsp3) is 0.489. The van der Waals surface area contributed by atoms with Crippen molar-refractivity contribution in [3.8, 4) is 0 Å². The predicted octanol–water partition coefficient (Wildman–Crippen LogP) is 20.7. The van der Waals surface area contributed by atoms with Gasteiger partial charge in [-0.25, -0.2) is 5.84 Å². The molecule has 3 aliphatic rings. The smallest absolute Gasteiger partial charge is 0.265 e. The maximum Gasteiger partial charge on any atom is 0.265 e. The first kappa shape index (κ1) is 89.2. The Kier molecular flexibility index (Phi) is 40.2. The number of β-amino-alcohol motifs (C(OH)–C–C–N with tert-alkyl or cyclic N) is 1. The molecule has 0 radical (unpaired) electrons. The number of nitrogens with two attached hydrogens (primary N) is 1. The van der Waals surface area contributed by atoms with Gasteiger partial charge >= 0.3 is 0 Å². The molecule has 0 spiro atoms. The molecule has 3 fully saturated rings. The van der Waals surface area contributed by atoms with Crippen molar-refractivity contribution in [1.82, 2.24) is 10.7 Å². The van der Waals surface area contributed by atoms with Gasteiger partial charge in [0, 0.05) is 97.5 Å². The van der Waals surface area contributed by atoms with Gasteiger partial charge in [0.15, 0.2) is 11.6 Å². The lowest BCUT2D eigenvalue weighted by atomic mass is 9.93. The molecule has 0 aromatic heterocycles. The van der Waals surface area contributed by atoms with Crippen LogP contribution in [0.15, 0.2) is 170 Å². The summed E-state index contributed by atoms with van der Waals surface area (Å²) in [6.45, 7) is 44.3. The fourth-order valence-electron chi connectivity index (χ4n) is 12.2. The molecule has 572 valence electrons. The van der Waals surface area contributed by atoms with Crippen molar-refractivity contribution in [1.29, 1.82) is 0 Å². The number of hydrazine groups is 1. The van der Waals surface area contributed by atoms with Gasteiger partial charge < -0.3 is 30.2 Å². The number of rotatable bonds is 20. The van der Waals surface area contributed by atoms with Crippen molar-refractivity contribution in [2.45, 2.75) is 242 Å². The Labute approximate surface area is 633 Å². The van der Waals surface area contributed by atoms with Crippen LogP contribution in [0.5, 0.6) is 0 Å². The maximum absolute atomic E-state index is 11.8. The number of carbonyl (C=O) groups excluding carboxylic acids is 5. The molecule has 2 amide bonds. The molecule has 0 aliphatic carbocycles. The van der Waals surface area contributed by atoms with Crippen molar-refractivity contribution in [3.63, 3.8) is 0 Å². The van der Waals surface area contributed by atoms with Gasteiger partial charge in [0.1, 0.15) is 5.78 Å². The number of ketones is 3. The highest BCUT2D eigenvalue weighted by atomic mass is 16.3. The summed E-state index contributed by atoms with van der Waals surface area (Å²) in [5.74, 6) is 9.57. The van der Waals surface area contributed by atoms with Gasteiger partial charge in [-0.2, -0.15) is 0 Å². The molecule has 1 atom stereocenters. The summed E-state index contributed by atoms with van der Waals surface area (Å²) in [5.41, 5.74) is 18.0. The third-order valence-corrected chi connectivity index (χ3v) is 19.6. The molecule has 0 saturated carbocycles. The minimum Gasteiger partial charge on any atom is -0.393 e. The van der Waals surface area contributed by atoms with E-state index in [1.165, 1.54) is 50.4 Å². The summed E-state index contributed by atoms with van der Waals surface area (Å²) in [7, 11) is 0. The summed E-state index contributed by atoms with van der Waals surface area (Å²) in [5, 5.41) is 22.0. The minimum atomic E-state index is -0.248. The number of hydrogen-bond acceptors (Lipinski definition) is 11. The lowest BCUT2D eigenvalue weighted by Crippen LogP contribution is -2.38. The van der Waals surface area contributed by atoms with Crippen LogP contribution in [0, 0.1) is 5.92 Å². The number of anilines is 3. The average Bonchev–Trinajstić information content (AvgIpc) is 0.802. The van der Waals surface area contributed by atoms with Crippen molar-refractivity contribution in [3.05, 3.63) is 231 Å². The Morgan fingerprint density at radius 3 is 1.14 bits per heavy atom. The second-order valence-electron chi connectivity index (χ2n) is 30.5. The minimum absolute atomic E-state index is 0.0205. The highest BCUT2D eigenvalue weighted by Crippen LogP contribution is 2.28. The predicted molar refractivity (Wildman–Crippen MR) is 442 cm³/mol. The number of carbonyl (C=O) groups is 5. The first-order valence-electron chi connectivity index (χ1n) is 39.1. The zero-order chi connectivity index (χ0) is 77.7. The highest BCUT2D eigenvalue weighted by molar-refractivity contribution is 5.96. The Hall–Kier alpha value is -8.23. The zero-order valence-electron chi connectivity index (χ0n) is 67.3. The summed E-state index contributed by atoms with van der Waals surface area (Å²) in [6.07, 6.45) is 9.30. The first-order valence-corrected chi connectivity index (χ1v) is 39.1. The van der Waals surface area contributed by atoms with Gasteiger partial charge in [-0.1, -0.05) is 220 Å². The number of amides is 2. The Morgan fingerprint density at radius 2 is 0.781 bits per heavy atom. The lowest BCUT2D eigenvalue weighted by Gasteiger charge is -2.32. The van der Waals surface area contributed by atoms with Crippen LogP contribution in [-0.4, -0.2) is 97.4 Å². The van der Waals surface area contributed by atoms with Crippen LogP contribution in [0.3, 0.4) is 0 Å². The number of benzene rings is 7. The number of Topliss-reactive ketones (excluding diaryl/α,β-unsaturated/α-hetero) is 3. The Bertz CT molecular complexity index is 3620. The van der Waals surface area contributed by atoms with Gasteiger partial charge in [0.25, 0.3) is 11.8 Å². The first-order chi connectivity index (χ1) is 50.0. The third-order valence-electron chi connectivity index (χ3n) is 19.6. The second kappa shape index (κ2) is 47.4. The van der Waals surface area contributed by atoms with Crippen LogP contribution in [0.25, 0.3) is 0 Å². The molecule has 7 aromatic rings. The van der Waals surface area contributed by atoms with Gasteiger partial charge in [0.05, 0.1) is 12.2 Å². The number of unbranched alkanes of at least 4 members (excludes halogenated alkanes) is 1. The molecule has 3 saturated heterocycles. The molecule has 10 rings (SSSR count). The Morgan fingerprint density at radius 1 is 0.410 bits per heavy atom. The number of aliphatic hydroxyl groups is 2. The molecule has 13 heteroatoms. The number of nitrogen functional groups attached to an aromatic ring is 1. The van der Waals surface area contributed by atoms with Crippen LogP contribution in [0.4, 0.5) is 17.1 Å². The molecule has 13 nitrogen and oxygen atoms in total. The Balaban J connectivity index is 0.000000260. The van der Waals surface area contributed by atoms with E-state index in [2.05, 4.69) is 208 Å². The van der Waals surface area contributed by atoms with Gasteiger partial charge in [-0.15, -0.1) is 0 Å².